The molecule has 6 nitrogen and oxygen atoms in total. The normalized spacial score (nSPS) is 16.5. The molecule has 0 radical (unpaired) electrons. The second-order valence-electron chi connectivity index (χ2n) is 6.84. The van der Waals surface area contributed by atoms with Crippen molar-refractivity contribution in [1.82, 2.24) is 24.2 Å². The van der Waals surface area contributed by atoms with E-state index in [1.165, 1.54) is 0 Å². The first-order valence-corrected chi connectivity index (χ1v) is 8.97. The van der Waals surface area contributed by atoms with Crippen LogP contribution >= 0.6 is 0 Å². The molecule has 0 bridgehead atoms. The van der Waals surface area contributed by atoms with Gasteiger partial charge in [-0.3, -0.25) is 9.48 Å². The quantitative estimate of drug-likeness (QED) is 0.728. The number of hydrogen-bond donors (Lipinski definition) is 0. The molecule has 0 spiro atoms. The van der Waals surface area contributed by atoms with Gasteiger partial charge in [0.15, 0.2) is 0 Å². The number of benzene rings is 1. The minimum Gasteiger partial charge on any atom is -0.328 e. The fourth-order valence-electron chi connectivity index (χ4n) is 3.58. The number of amides is 1. The molecule has 3 heterocycles. The summed E-state index contributed by atoms with van der Waals surface area (Å²) in [7, 11) is 0. The summed E-state index contributed by atoms with van der Waals surface area (Å²) in [5.74, 6) is 1.09. The minimum absolute atomic E-state index is 0.0310. The van der Waals surface area contributed by atoms with Crippen LogP contribution in [0.3, 0.4) is 0 Å². The van der Waals surface area contributed by atoms with Gasteiger partial charge in [0, 0.05) is 37.6 Å². The monoisotopic (exact) mass is 349 g/mol. The van der Waals surface area contributed by atoms with Crippen LogP contribution in [0, 0.1) is 13.8 Å². The Hall–Kier alpha value is -2.89. The third kappa shape index (κ3) is 3.14. The van der Waals surface area contributed by atoms with Gasteiger partial charge in [-0.05, 0) is 25.5 Å². The molecule has 0 unspecified atom stereocenters. The lowest BCUT2D eigenvalue weighted by molar-refractivity contribution is -0.136. The maximum absolute atomic E-state index is 13.0. The summed E-state index contributed by atoms with van der Waals surface area (Å²) in [5, 5.41) is 4.37. The number of carbonyl (C=O) groups is 1. The Morgan fingerprint density at radius 1 is 1.19 bits per heavy atom. The number of fused-ring (bicyclic) bond motifs is 1. The van der Waals surface area contributed by atoms with Gasteiger partial charge < -0.3 is 9.47 Å². The average molecular weight is 349 g/mol. The molecule has 1 atom stereocenters. The molecule has 0 saturated heterocycles. The fraction of sp³-hybridized carbons (Fsp3) is 0.350. The lowest BCUT2D eigenvalue weighted by Gasteiger charge is -2.37. The molecule has 134 valence electrons. The smallest absolute Gasteiger partial charge is 0.225 e. The first-order valence-electron chi connectivity index (χ1n) is 8.97. The van der Waals surface area contributed by atoms with Crippen LogP contribution in [0.5, 0.6) is 0 Å². The van der Waals surface area contributed by atoms with Gasteiger partial charge in [-0.15, -0.1) is 0 Å². The van der Waals surface area contributed by atoms with Crippen molar-refractivity contribution in [2.45, 2.75) is 45.9 Å². The van der Waals surface area contributed by atoms with Crippen molar-refractivity contribution in [1.29, 1.82) is 0 Å². The summed E-state index contributed by atoms with van der Waals surface area (Å²) < 4.78 is 4.05. The Balaban J connectivity index is 1.57. The number of carbonyl (C=O) groups excluding carboxylic acids is 1. The van der Waals surface area contributed by atoms with Gasteiger partial charge in [0.1, 0.15) is 5.82 Å². The highest BCUT2D eigenvalue weighted by Gasteiger charge is 2.31. The summed E-state index contributed by atoms with van der Waals surface area (Å²) in [6.45, 7) is 5.91. The van der Waals surface area contributed by atoms with Crippen molar-refractivity contribution < 1.29 is 4.79 Å². The lowest BCUT2D eigenvalue weighted by Crippen LogP contribution is -2.41. The molecule has 0 fully saturated rings. The van der Waals surface area contributed by atoms with Gasteiger partial charge in [-0.25, -0.2) is 4.98 Å². The van der Waals surface area contributed by atoms with E-state index < -0.39 is 0 Å². The summed E-state index contributed by atoms with van der Waals surface area (Å²) in [6, 6.07) is 12.2. The first kappa shape index (κ1) is 16.6. The average Bonchev–Trinajstić information content (AvgIpc) is 3.25. The maximum Gasteiger partial charge on any atom is 0.225 e. The van der Waals surface area contributed by atoms with E-state index in [-0.39, 0.29) is 11.9 Å². The molecular weight excluding hydrogens is 326 g/mol. The SMILES string of the molecule is Cc1ccn(CCC(=O)N2Cc3ncc(C)n3C[C@@H]2c2ccccc2)n1. The Morgan fingerprint density at radius 3 is 2.73 bits per heavy atom. The molecule has 2 aromatic heterocycles. The fourth-order valence-corrected chi connectivity index (χ4v) is 3.58. The van der Waals surface area contributed by atoms with E-state index in [4.69, 9.17) is 0 Å². The van der Waals surface area contributed by atoms with Crippen molar-refractivity contribution in [3.63, 3.8) is 0 Å². The topological polar surface area (TPSA) is 56.0 Å². The van der Waals surface area contributed by atoms with Gasteiger partial charge >= 0.3 is 0 Å². The van der Waals surface area contributed by atoms with Crippen LogP contribution in [-0.2, 0) is 24.4 Å². The van der Waals surface area contributed by atoms with Crippen LogP contribution < -0.4 is 0 Å². The molecule has 26 heavy (non-hydrogen) atoms. The van der Waals surface area contributed by atoms with Crippen molar-refractivity contribution in [3.8, 4) is 0 Å². The Morgan fingerprint density at radius 2 is 2.00 bits per heavy atom. The summed E-state index contributed by atoms with van der Waals surface area (Å²) in [6.07, 6.45) is 4.24. The van der Waals surface area contributed by atoms with E-state index in [1.807, 2.05) is 53.2 Å². The molecule has 1 amide bonds. The Kier molecular flexibility index (Phi) is 4.32. The minimum atomic E-state index is 0.0310. The molecule has 0 N–H and O–H groups in total. The zero-order valence-electron chi connectivity index (χ0n) is 15.2. The number of aromatic nitrogens is 4. The van der Waals surface area contributed by atoms with Crippen LogP contribution in [-0.4, -0.2) is 30.1 Å². The zero-order chi connectivity index (χ0) is 18.1. The standard InChI is InChI=1S/C20H23N5O/c1-15-8-10-23(22-15)11-9-20(26)25-14-19-21-12-16(2)24(19)13-18(25)17-6-4-3-5-7-17/h3-8,10,12,18H,9,11,13-14H2,1-2H3/t18-/m1/s1. The second-order valence-corrected chi connectivity index (χ2v) is 6.84. The highest BCUT2D eigenvalue weighted by Crippen LogP contribution is 2.30. The Labute approximate surface area is 153 Å². The van der Waals surface area contributed by atoms with Crippen LogP contribution in [0.25, 0.3) is 0 Å². The van der Waals surface area contributed by atoms with Crippen molar-refractivity contribution in [2.24, 2.45) is 0 Å². The van der Waals surface area contributed by atoms with Crippen molar-refractivity contribution >= 4 is 5.91 Å². The summed E-state index contributed by atoms with van der Waals surface area (Å²) in [5.41, 5.74) is 3.27. The van der Waals surface area contributed by atoms with Crippen LogP contribution in [0.1, 0.15) is 35.2 Å². The number of rotatable bonds is 4. The number of aryl methyl sites for hydroxylation is 3. The van der Waals surface area contributed by atoms with E-state index in [9.17, 15) is 4.79 Å². The van der Waals surface area contributed by atoms with Gasteiger partial charge in [-0.2, -0.15) is 5.10 Å². The van der Waals surface area contributed by atoms with E-state index in [1.54, 1.807) is 0 Å². The molecular formula is C20H23N5O. The van der Waals surface area contributed by atoms with Gasteiger partial charge in [0.25, 0.3) is 0 Å². The first-order chi connectivity index (χ1) is 12.6. The van der Waals surface area contributed by atoms with E-state index in [0.717, 1.165) is 29.3 Å². The van der Waals surface area contributed by atoms with Gasteiger partial charge in [-0.1, -0.05) is 30.3 Å². The molecule has 1 aromatic carbocycles. The van der Waals surface area contributed by atoms with Crippen molar-refractivity contribution in [3.05, 3.63) is 71.6 Å². The summed E-state index contributed by atoms with van der Waals surface area (Å²) >= 11 is 0. The maximum atomic E-state index is 13.0. The molecule has 1 aliphatic rings. The summed E-state index contributed by atoms with van der Waals surface area (Å²) in [4.78, 5) is 19.5. The molecule has 1 aliphatic heterocycles. The number of nitrogens with zero attached hydrogens (tertiary/aromatic N) is 5. The highest BCUT2D eigenvalue weighted by atomic mass is 16.2. The highest BCUT2D eigenvalue weighted by molar-refractivity contribution is 5.76. The third-order valence-electron chi connectivity index (χ3n) is 5.01. The predicted octanol–water partition coefficient (Wildman–Crippen LogP) is 2.87. The van der Waals surface area contributed by atoms with Crippen LogP contribution in [0.4, 0.5) is 0 Å². The molecule has 0 saturated carbocycles. The largest absolute Gasteiger partial charge is 0.328 e. The van der Waals surface area contributed by atoms with Gasteiger partial charge in [0.2, 0.25) is 5.91 Å². The van der Waals surface area contributed by atoms with E-state index in [2.05, 4.69) is 33.7 Å². The third-order valence-corrected chi connectivity index (χ3v) is 5.01. The van der Waals surface area contributed by atoms with E-state index in [0.29, 0.717) is 19.5 Å². The molecule has 4 rings (SSSR count). The molecule has 0 aliphatic carbocycles. The Bertz CT molecular complexity index is 911. The van der Waals surface area contributed by atoms with Crippen LogP contribution in [0.2, 0.25) is 0 Å². The van der Waals surface area contributed by atoms with Crippen LogP contribution in [0.15, 0.2) is 48.8 Å². The van der Waals surface area contributed by atoms with Gasteiger partial charge in [0.05, 0.1) is 18.3 Å². The van der Waals surface area contributed by atoms with Crippen molar-refractivity contribution in [2.75, 3.05) is 0 Å². The number of hydrogen-bond acceptors (Lipinski definition) is 3. The second kappa shape index (κ2) is 6.78. The van der Waals surface area contributed by atoms with E-state index >= 15 is 0 Å². The molecule has 6 heteroatoms. The zero-order valence-corrected chi connectivity index (χ0v) is 15.2. The predicted molar refractivity (Wildman–Crippen MR) is 98.3 cm³/mol. The molecule has 3 aromatic rings. The number of imidazole rings is 1. The lowest BCUT2D eigenvalue weighted by atomic mass is 10.0.